The van der Waals surface area contributed by atoms with Crippen LogP contribution in [0.25, 0.3) is 0 Å². The van der Waals surface area contributed by atoms with Gasteiger partial charge in [-0.1, -0.05) is 26.0 Å². The summed E-state index contributed by atoms with van der Waals surface area (Å²) in [6.07, 6.45) is 0. The molecule has 0 radical (unpaired) electrons. The third-order valence-corrected chi connectivity index (χ3v) is 5.23. The number of nitrogens with one attached hydrogen (secondary N) is 1. The van der Waals surface area contributed by atoms with Crippen LogP contribution in [0.15, 0.2) is 40.6 Å². The van der Waals surface area contributed by atoms with Crippen LogP contribution in [0.4, 0.5) is 5.69 Å². The van der Waals surface area contributed by atoms with Gasteiger partial charge in [0.05, 0.1) is 10.9 Å². The van der Waals surface area contributed by atoms with Crippen LogP contribution in [0.3, 0.4) is 0 Å². The lowest BCUT2D eigenvalue weighted by atomic mass is 10.0. The zero-order valence-corrected chi connectivity index (χ0v) is 14.0. The molecule has 0 aliphatic rings. The van der Waals surface area contributed by atoms with E-state index >= 15 is 0 Å². The first kappa shape index (κ1) is 16.0. The molecule has 114 valence electrons. The maximum atomic E-state index is 11.5. The van der Waals surface area contributed by atoms with Gasteiger partial charge in [-0.15, -0.1) is 11.3 Å². The second-order valence-electron chi connectivity index (χ2n) is 5.40. The molecule has 0 saturated carbocycles. The fourth-order valence-electron chi connectivity index (χ4n) is 2.14. The van der Waals surface area contributed by atoms with Crippen LogP contribution < -0.4 is 10.5 Å². The minimum Gasteiger partial charge on any atom is -0.377 e. The molecule has 1 heterocycles. The third kappa shape index (κ3) is 3.84. The van der Waals surface area contributed by atoms with Crippen LogP contribution in [0.2, 0.25) is 0 Å². The van der Waals surface area contributed by atoms with E-state index in [-0.39, 0.29) is 10.9 Å². The summed E-state index contributed by atoms with van der Waals surface area (Å²) in [6.45, 7) is 6.22. The van der Waals surface area contributed by atoms with Gasteiger partial charge in [0.25, 0.3) is 0 Å². The first-order chi connectivity index (χ1) is 9.79. The minimum absolute atomic E-state index is 0.129. The molecule has 1 atom stereocenters. The molecule has 1 aromatic heterocycles. The van der Waals surface area contributed by atoms with Gasteiger partial charge < -0.3 is 5.32 Å². The summed E-state index contributed by atoms with van der Waals surface area (Å²) in [4.78, 5) is 1.36. The number of rotatable bonds is 5. The van der Waals surface area contributed by atoms with E-state index in [4.69, 9.17) is 5.14 Å². The number of benzene rings is 1. The zero-order chi connectivity index (χ0) is 15.6. The molecule has 6 heteroatoms. The Bertz CT molecular complexity index is 707. The fraction of sp³-hybridized carbons (Fsp3) is 0.333. The van der Waals surface area contributed by atoms with E-state index in [1.165, 1.54) is 10.9 Å². The summed E-state index contributed by atoms with van der Waals surface area (Å²) < 4.78 is 23.0. The molecule has 3 N–H and O–H groups in total. The van der Waals surface area contributed by atoms with Crippen LogP contribution in [0.1, 0.15) is 30.3 Å². The first-order valence-electron chi connectivity index (χ1n) is 6.72. The lowest BCUT2D eigenvalue weighted by Crippen LogP contribution is -2.17. The molecule has 0 aliphatic heterocycles. The van der Waals surface area contributed by atoms with Crippen LogP contribution in [0.5, 0.6) is 0 Å². The Morgan fingerprint density at radius 2 is 1.95 bits per heavy atom. The molecule has 0 fully saturated rings. The number of nitrogens with two attached hydrogens (primary N) is 1. The molecule has 2 rings (SSSR count). The maximum Gasteiger partial charge on any atom is 0.238 e. The van der Waals surface area contributed by atoms with E-state index in [0.29, 0.717) is 5.92 Å². The van der Waals surface area contributed by atoms with Crippen molar-refractivity contribution in [2.24, 2.45) is 11.1 Å². The van der Waals surface area contributed by atoms with Crippen molar-refractivity contribution < 1.29 is 8.42 Å². The molecule has 0 aliphatic carbocycles. The second-order valence-corrected chi connectivity index (χ2v) is 7.94. The number of hydrogen-bond acceptors (Lipinski definition) is 4. The summed E-state index contributed by atoms with van der Waals surface area (Å²) in [5.41, 5.74) is 1.79. The lowest BCUT2D eigenvalue weighted by Gasteiger charge is -2.24. The molecule has 1 unspecified atom stereocenters. The van der Waals surface area contributed by atoms with Crippen LogP contribution in [-0.2, 0) is 10.0 Å². The van der Waals surface area contributed by atoms with E-state index in [0.717, 1.165) is 11.3 Å². The van der Waals surface area contributed by atoms with Crippen molar-refractivity contribution in [3.63, 3.8) is 0 Å². The first-order valence-corrected chi connectivity index (χ1v) is 9.15. The summed E-state index contributed by atoms with van der Waals surface area (Å²) in [5.74, 6) is 0.376. The van der Waals surface area contributed by atoms with Crippen LogP contribution >= 0.6 is 11.3 Å². The molecule has 0 bridgehead atoms. The van der Waals surface area contributed by atoms with Crippen molar-refractivity contribution in [3.8, 4) is 0 Å². The van der Waals surface area contributed by atoms with Gasteiger partial charge in [-0.05, 0) is 42.0 Å². The van der Waals surface area contributed by atoms with Gasteiger partial charge in [0.15, 0.2) is 0 Å². The standard InChI is InChI=1S/C15H20N2O2S2/c1-10(2)15(14-5-4-8-20-14)17-13-9-12(21(16,18)19)7-6-11(13)3/h4-10,15,17H,1-3H3,(H2,16,18,19). The highest BCUT2D eigenvalue weighted by molar-refractivity contribution is 7.89. The van der Waals surface area contributed by atoms with Gasteiger partial charge in [0.1, 0.15) is 0 Å². The van der Waals surface area contributed by atoms with Gasteiger partial charge in [0.2, 0.25) is 10.0 Å². The largest absolute Gasteiger partial charge is 0.377 e. The number of primary sulfonamides is 1. The summed E-state index contributed by atoms with van der Waals surface area (Å²) in [5, 5.41) is 10.7. The van der Waals surface area contributed by atoms with E-state index in [1.807, 2.05) is 18.4 Å². The van der Waals surface area contributed by atoms with Gasteiger partial charge in [-0.3, -0.25) is 0 Å². The van der Waals surface area contributed by atoms with Crippen LogP contribution in [0, 0.1) is 12.8 Å². The number of thiophene rings is 1. The van der Waals surface area contributed by atoms with Crippen molar-refractivity contribution in [2.45, 2.75) is 31.7 Å². The number of anilines is 1. The van der Waals surface area contributed by atoms with Gasteiger partial charge >= 0.3 is 0 Å². The molecule has 4 nitrogen and oxygen atoms in total. The molecule has 2 aromatic rings. The van der Waals surface area contributed by atoms with Crippen molar-refractivity contribution in [3.05, 3.63) is 46.2 Å². The van der Waals surface area contributed by atoms with E-state index in [9.17, 15) is 8.42 Å². The molecule has 0 saturated heterocycles. The normalized spacial score (nSPS) is 13.4. The van der Waals surface area contributed by atoms with E-state index in [1.54, 1.807) is 23.5 Å². The highest BCUT2D eigenvalue weighted by Crippen LogP contribution is 2.31. The summed E-state index contributed by atoms with van der Waals surface area (Å²) in [7, 11) is -3.69. The smallest absolute Gasteiger partial charge is 0.238 e. The zero-order valence-electron chi connectivity index (χ0n) is 12.3. The number of sulfonamides is 1. The molecular formula is C15H20N2O2S2. The Morgan fingerprint density at radius 1 is 1.24 bits per heavy atom. The van der Waals surface area contributed by atoms with Crippen molar-refractivity contribution in [1.82, 2.24) is 0 Å². The average Bonchev–Trinajstić information content (AvgIpc) is 2.89. The fourth-order valence-corrected chi connectivity index (χ4v) is 3.62. The highest BCUT2D eigenvalue weighted by atomic mass is 32.2. The summed E-state index contributed by atoms with van der Waals surface area (Å²) >= 11 is 1.69. The highest BCUT2D eigenvalue weighted by Gasteiger charge is 2.18. The molecule has 21 heavy (non-hydrogen) atoms. The van der Waals surface area contributed by atoms with Crippen molar-refractivity contribution in [2.75, 3.05) is 5.32 Å². The Kier molecular flexibility index (Phi) is 4.70. The third-order valence-electron chi connectivity index (χ3n) is 3.36. The van der Waals surface area contributed by atoms with Gasteiger partial charge in [-0.25, -0.2) is 13.6 Å². The van der Waals surface area contributed by atoms with Crippen molar-refractivity contribution >= 4 is 27.0 Å². The van der Waals surface area contributed by atoms with Crippen LogP contribution in [-0.4, -0.2) is 8.42 Å². The maximum absolute atomic E-state index is 11.5. The van der Waals surface area contributed by atoms with E-state index in [2.05, 4.69) is 25.2 Å². The Morgan fingerprint density at radius 3 is 2.48 bits per heavy atom. The topological polar surface area (TPSA) is 72.2 Å². The minimum atomic E-state index is -3.69. The molecule has 1 aromatic carbocycles. The number of hydrogen-bond donors (Lipinski definition) is 2. The van der Waals surface area contributed by atoms with E-state index < -0.39 is 10.0 Å². The molecule has 0 amide bonds. The number of aryl methyl sites for hydroxylation is 1. The predicted octanol–water partition coefficient (Wildman–Crippen LogP) is 3.51. The quantitative estimate of drug-likeness (QED) is 0.884. The lowest BCUT2D eigenvalue weighted by molar-refractivity contribution is 0.553. The molecule has 0 spiro atoms. The Hall–Kier alpha value is -1.37. The SMILES string of the molecule is Cc1ccc(S(N)(=O)=O)cc1NC(c1cccs1)C(C)C. The monoisotopic (exact) mass is 324 g/mol. The van der Waals surface area contributed by atoms with Crippen molar-refractivity contribution in [1.29, 1.82) is 0 Å². The Labute approximate surface area is 130 Å². The predicted molar refractivity (Wildman–Crippen MR) is 88.1 cm³/mol. The van der Waals surface area contributed by atoms with Gasteiger partial charge in [0, 0.05) is 10.6 Å². The Balaban J connectivity index is 2.37. The average molecular weight is 324 g/mol. The second kappa shape index (κ2) is 6.17. The molecular weight excluding hydrogens is 304 g/mol. The van der Waals surface area contributed by atoms with Gasteiger partial charge in [-0.2, -0.15) is 0 Å². The summed E-state index contributed by atoms with van der Waals surface area (Å²) in [6, 6.07) is 9.15.